The number of aliphatic hydroxyl groups is 1. The zero-order chi connectivity index (χ0) is 14.2. The second kappa shape index (κ2) is 5.12. The van der Waals surface area contributed by atoms with Crippen LogP contribution in [0.25, 0.3) is 0 Å². The van der Waals surface area contributed by atoms with Gasteiger partial charge >= 0.3 is 5.97 Å². The maximum absolute atomic E-state index is 10.9. The van der Waals surface area contributed by atoms with Crippen molar-refractivity contribution in [3.63, 3.8) is 0 Å². The van der Waals surface area contributed by atoms with Crippen molar-refractivity contribution in [2.24, 2.45) is 0 Å². The van der Waals surface area contributed by atoms with Crippen LogP contribution < -0.4 is 0 Å². The maximum atomic E-state index is 10.9. The van der Waals surface area contributed by atoms with E-state index in [0.717, 1.165) is 17.5 Å². The summed E-state index contributed by atoms with van der Waals surface area (Å²) in [6.07, 6.45) is 0.703. The Kier molecular flexibility index (Phi) is 3.85. The monoisotopic (exact) mass is 284 g/mol. The van der Waals surface area contributed by atoms with Crippen LogP contribution in [0.4, 0.5) is 0 Å². The van der Waals surface area contributed by atoms with E-state index in [0.29, 0.717) is 17.0 Å². The number of fused-ring (bicyclic) bond motifs is 1. The Labute approximate surface area is 117 Å². The minimum absolute atomic E-state index is 0.234. The zero-order valence-electron chi connectivity index (χ0n) is 10.9. The number of halogens is 1. The number of hydrogen-bond acceptors (Lipinski definition) is 3. The molecule has 0 bridgehead atoms. The molecule has 1 aliphatic heterocycles. The highest BCUT2D eigenvalue weighted by Gasteiger charge is 2.41. The zero-order valence-corrected chi connectivity index (χ0v) is 11.7. The van der Waals surface area contributed by atoms with Crippen molar-refractivity contribution in [2.45, 2.75) is 45.0 Å². The Bertz CT molecular complexity index is 514. The molecular formula is C14H17ClO4. The van der Waals surface area contributed by atoms with E-state index >= 15 is 0 Å². The number of carbonyl (C=O) groups is 1. The van der Waals surface area contributed by atoms with E-state index in [9.17, 15) is 9.90 Å². The van der Waals surface area contributed by atoms with E-state index in [1.54, 1.807) is 6.07 Å². The van der Waals surface area contributed by atoms with Gasteiger partial charge in [-0.3, -0.25) is 4.79 Å². The molecule has 2 rings (SSSR count). The lowest BCUT2D eigenvalue weighted by Gasteiger charge is -2.37. The highest BCUT2D eigenvalue weighted by molar-refractivity contribution is 6.31. The SMILES string of the molecule is CCc1cc2c(cc1Cl)C(O)(CC(=O)O)O[C@H](C)C2. The van der Waals surface area contributed by atoms with E-state index in [1.165, 1.54) is 0 Å². The first-order valence-corrected chi connectivity index (χ1v) is 6.67. The van der Waals surface area contributed by atoms with Crippen LogP contribution in [0.15, 0.2) is 12.1 Å². The molecule has 0 radical (unpaired) electrons. The van der Waals surface area contributed by atoms with E-state index < -0.39 is 18.2 Å². The third-order valence-electron chi connectivity index (χ3n) is 3.37. The number of carboxylic acids is 1. The molecule has 1 unspecified atom stereocenters. The average Bonchev–Trinajstić information content (AvgIpc) is 2.28. The summed E-state index contributed by atoms with van der Waals surface area (Å²) in [7, 11) is 0. The molecule has 2 N–H and O–H groups in total. The lowest BCUT2D eigenvalue weighted by atomic mass is 9.88. The van der Waals surface area contributed by atoms with Crippen LogP contribution in [-0.2, 0) is 28.2 Å². The van der Waals surface area contributed by atoms with Crippen LogP contribution in [-0.4, -0.2) is 22.3 Å². The van der Waals surface area contributed by atoms with Gasteiger partial charge in [-0.15, -0.1) is 0 Å². The molecule has 0 saturated carbocycles. The van der Waals surface area contributed by atoms with Gasteiger partial charge in [0.15, 0.2) is 0 Å². The summed E-state index contributed by atoms with van der Waals surface area (Å²) >= 11 is 6.15. The van der Waals surface area contributed by atoms with Gasteiger partial charge in [0.05, 0.1) is 6.10 Å². The highest BCUT2D eigenvalue weighted by Crippen LogP contribution is 2.39. The topological polar surface area (TPSA) is 66.8 Å². The fourth-order valence-corrected chi connectivity index (χ4v) is 2.86. The first-order chi connectivity index (χ1) is 8.85. The summed E-state index contributed by atoms with van der Waals surface area (Å²) in [4.78, 5) is 10.9. The summed E-state index contributed by atoms with van der Waals surface area (Å²) in [6.45, 7) is 3.82. The van der Waals surface area contributed by atoms with Gasteiger partial charge < -0.3 is 14.9 Å². The fourth-order valence-electron chi connectivity index (χ4n) is 2.56. The Morgan fingerprint density at radius 2 is 2.26 bits per heavy atom. The summed E-state index contributed by atoms with van der Waals surface area (Å²) in [6, 6.07) is 3.56. The first kappa shape index (κ1) is 14.3. The lowest BCUT2D eigenvalue weighted by Crippen LogP contribution is -2.41. The van der Waals surface area contributed by atoms with E-state index in [4.69, 9.17) is 21.4 Å². The molecule has 2 atom stereocenters. The van der Waals surface area contributed by atoms with Gasteiger partial charge in [0.1, 0.15) is 6.42 Å². The number of aryl methyl sites for hydroxylation is 1. The van der Waals surface area contributed by atoms with Crippen LogP contribution >= 0.6 is 11.6 Å². The highest BCUT2D eigenvalue weighted by atomic mass is 35.5. The van der Waals surface area contributed by atoms with Crippen LogP contribution in [0.2, 0.25) is 5.02 Å². The van der Waals surface area contributed by atoms with Gasteiger partial charge in [0.25, 0.3) is 0 Å². The molecule has 0 aliphatic carbocycles. The van der Waals surface area contributed by atoms with Crippen molar-refractivity contribution in [2.75, 3.05) is 0 Å². The van der Waals surface area contributed by atoms with Gasteiger partial charge in [0, 0.05) is 10.6 Å². The molecule has 0 spiro atoms. The van der Waals surface area contributed by atoms with Gasteiger partial charge in [-0.25, -0.2) is 0 Å². The number of ether oxygens (including phenoxy) is 1. The standard InChI is InChI=1S/C14H17ClO4/c1-3-9-5-10-4-8(2)19-14(18,7-13(16)17)11(10)6-12(9)15/h5-6,8,18H,3-4,7H2,1-2H3,(H,16,17)/t8-,14?/m1/s1. The fraction of sp³-hybridized carbons (Fsp3) is 0.500. The molecule has 104 valence electrons. The minimum Gasteiger partial charge on any atom is -0.481 e. The molecule has 1 aromatic rings. The van der Waals surface area contributed by atoms with Crippen molar-refractivity contribution in [1.29, 1.82) is 0 Å². The van der Waals surface area contributed by atoms with E-state index in [-0.39, 0.29) is 6.10 Å². The molecule has 0 saturated heterocycles. The van der Waals surface area contributed by atoms with Crippen molar-refractivity contribution < 1.29 is 19.7 Å². The third kappa shape index (κ3) is 2.76. The molecule has 1 aromatic carbocycles. The van der Waals surface area contributed by atoms with Crippen molar-refractivity contribution in [3.05, 3.63) is 33.8 Å². The molecule has 1 aliphatic rings. The van der Waals surface area contributed by atoms with Gasteiger partial charge in [0.2, 0.25) is 5.79 Å². The predicted molar refractivity (Wildman–Crippen MR) is 71.2 cm³/mol. The summed E-state index contributed by atoms with van der Waals surface area (Å²) in [5, 5.41) is 20.0. The third-order valence-corrected chi connectivity index (χ3v) is 3.72. The molecule has 1 heterocycles. The smallest absolute Gasteiger partial charge is 0.309 e. The molecule has 19 heavy (non-hydrogen) atoms. The van der Waals surface area contributed by atoms with Crippen molar-refractivity contribution >= 4 is 17.6 Å². The molecule has 0 aromatic heterocycles. The maximum Gasteiger partial charge on any atom is 0.309 e. The number of benzene rings is 1. The Hall–Kier alpha value is -1.10. The van der Waals surface area contributed by atoms with Crippen LogP contribution in [0.5, 0.6) is 0 Å². The normalized spacial score (nSPS) is 26.0. The Morgan fingerprint density at radius 3 is 2.84 bits per heavy atom. The minimum atomic E-state index is -1.80. The first-order valence-electron chi connectivity index (χ1n) is 6.29. The summed E-state index contributed by atoms with van der Waals surface area (Å²) in [5.41, 5.74) is 2.37. The molecular weight excluding hydrogens is 268 g/mol. The van der Waals surface area contributed by atoms with Crippen LogP contribution in [0.1, 0.15) is 37.0 Å². The molecule has 5 heteroatoms. The summed E-state index contributed by atoms with van der Waals surface area (Å²) in [5.74, 6) is -2.91. The van der Waals surface area contributed by atoms with Crippen LogP contribution in [0, 0.1) is 0 Å². The number of carboxylic acid groups (broad SMARTS) is 1. The summed E-state index contributed by atoms with van der Waals surface area (Å²) < 4.78 is 5.46. The molecule has 4 nitrogen and oxygen atoms in total. The lowest BCUT2D eigenvalue weighted by molar-refractivity contribution is -0.247. The van der Waals surface area contributed by atoms with Gasteiger partial charge in [-0.1, -0.05) is 24.6 Å². The average molecular weight is 285 g/mol. The van der Waals surface area contributed by atoms with Crippen molar-refractivity contribution in [3.8, 4) is 0 Å². The van der Waals surface area contributed by atoms with Gasteiger partial charge in [-0.2, -0.15) is 0 Å². The Morgan fingerprint density at radius 1 is 1.58 bits per heavy atom. The molecule has 0 amide bonds. The van der Waals surface area contributed by atoms with E-state index in [1.807, 2.05) is 19.9 Å². The van der Waals surface area contributed by atoms with Crippen LogP contribution in [0.3, 0.4) is 0 Å². The molecule has 0 fully saturated rings. The van der Waals surface area contributed by atoms with Gasteiger partial charge in [-0.05, 0) is 37.0 Å². The Balaban J connectivity index is 2.53. The van der Waals surface area contributed by atoms with Crippen molar-refractivity contribution in [1.82, 2.24) is 0 Å². The number of rotatable bonds is 3. The van der Waals surface area contributed by atoms with E-state index in [2.05, 4.69) is 0 Å². The second-order valence-corrected chi connectivity index (χ2v) is 5.35. The quantitative estimate of drug-likeness (QED) is 0.895. The second-order valence-electron chi connectivity index (χ2n) is 4.94. The number of aliphatic carboxylic acids is 1. The predicted octanol–water partition coefficient (Wildman–Crippen LogP) is 2.48. The number of hydrogen-bond donors (Lipinski definition) is 2. The largest absolute Gasteiger partial charge is 0.481 e.